The molecule has 1 N–H and O–H groups in total. The average molecular weight is 302 g/mol. The summed E-state index contributed by atoms with van der Waals surface area (Å²) in [6.07, 6.45) is 3.06. The van der Waals surface area contributed by atoms with Crippen molar-refractivity contribution in [3.63, 3.8) is 0 Å². The van der Waals surface area contributed by atoms with Gasteiger partial charge < -0.3 is 5.11 Å². The summed E-state index contributed by atoms with van der Waals surface area (Å²) in [6.45, 7) is 1.84. The lowest BCUT2D eigenvalue weighted by molar-refractivity contribution is 0.0695. The van der Waals surface area contributed by atoms with Crippen molar-refractivity contribution in [2.75, 3.05) is 17.8 Å². The molecule has 0 radical (unpaired) electrons. The Hall–Kier alpha value is -1.01. The van der Waals surface area contributed by atoms with E-state index < -0.39 is 15.8 Å². The van der Waals surface area contributed by atoms with Gasteiger partial charge in [0.25, 0.3) is 0 Å². The first-order valence-corrected chi connectivity index (χ1v) is 9.05. The maximum atomic E-state index is 12.1. The van der Waals surface area contributed by atoms with Gasteiger partial charge in [0.2, 0.25) is 0 Å². The number of sulfone groups is 1. The van der Waals surface area contributed by atoms with Crippen LogP contribution in [0.4, 0.5) is 0 Å². The molecule has 0 aliphatic carbocycles. The zero-order chi connectivity index (χ0) is 14.5. The first-order valence-electron chi connectivity index (χ1n) is 6.00. The lowest BCUT2D eigenvalue weighted by Crippen LogP contribution is -2.10. The molecule has 0 aliphatic rings. The minimum atomic E-state index is -3.39. The Morgan fingerprint density at radius 1 is 1.37 bits per heavy atom. The number of aryl methyl sites for hydroxylation is 1. The minimum Gasteiger partial charge on any atom is -0.478 e. The van der Waals surface area contributed by atoms with Crippen LogP contribution < -0.4 is 0 Å². The number of carboxylic acids is 1. The summed E-state index contributed by atoms with van der Waals surface area (Å²) in [5, 5.41) is 9.10. The molecule has 0 aromatic heterocycles. The van der Waals surface area contributed by atoms with Gasteiger partial charge in [0.15, 0.2) is 9.84 Å². The fourth-order valence-corrected chi connectivity index (χ4v) is 3.72. The number of hydrogen-bond acceptors (Lipinski definition) is 4. The second-order valence-corrected chi connectivity index (χ2v) is 7.24. The molecular weight excluding hydrogens is 284 g/mol. The summed E-state index contributed by atoms with van der Waals surface area (Å²) in [5.41, 5.74) is 0.726. The predicted molar refractivity (Wildman–Crippen MR) is 77.8 cm³/mol. The van der Waals surface area contributed by atoms with E-state index in [9.17, 15) is 13.2 Å². The van der Waals surface area contributed by atoms with E-state index in [1.54, 1.807) is 17.8 Å². The van der Waals surface area contributed by atoms with Gasteiger partial charge in [-0.05, 0) is 42.5 Å². The lowest BCUT2D eigenvalue weighted by atomic mass is 10.1. The second kappa shape index (κ2) is 6.96. The zero-order valence-electron chi connectivity index (χ0n) is 11.0. The van der Waals surface area contributed by atoms with Crippen LogP contribution in [0.25, 0.3) is 0 Å². The van der Waals surface area contributed by atoms with E-state index in [0.717, 1.165) is 5.75 Å². The van der Waals surface area contributed by atoms with Crippen molar-refractivity contribution in [2.45, 2.75) is 24.7 Å². The van der Waals surface area contributed by atoms with Gasteiger partial charge >= 0.3 is 5.97 Å². The minimum absolute atomic E-state index is 0.0539. The van der Waals surface area contributed by atoms with E-state index >= 15 is 0 Å². The summed E-state index contributed by atoms with van der Waals surface area (Å²) in [6, 6.07) is 4.36. The van der Waals surface area contributed by atoms with Crippen molar-refractivity contribution >= 4 is 27.6 Å². The highest BCUT2D eigenvalue weighted by atomic mass is 32.2. The van der Waals surface area contributed by atoms with Crippen LogP contribution in [-0.2, 0) is 16.3 Å². The molecule has 0 fully saturated rings. The molecule has 0 atom stereocenters. The van der Waals surface area contributed by atoms with Gasteiger partial charge in [-0.3, -0.25) is 0 Å². The van der Waals surface area contributed by atoms with Gasteiger partial charge in [-0.1, -0.05) is 13.0 Å². The molecule has 4 nitrogen and oxygen atoms in total. The molecule has 106 valence electrons. The van der Waals surface area contributed by atoms with E-state index in [2.05, 4.69) is 0 Å². The molecule has 0 amide bonds. The van der Waals surface area contributed by atoms with Gasteiger partial charge in [0, 0.05) is 0 Å². The van der Waals surface area contributed by atoms with Crippen molar-refractivity contribution in [3.05, 3.63) is 29.3 Å². The molecule has 1 rings (SSSR count). The molecule has 0 bridgehead atoms. The average Bonchev–Trinajstić information content (AvgIpc) is 2.38. The van der Waals surface area contributed by atoms with Crippen LogP contribution in [0.5, 0.6) is 0 Å². The third-order valence-electron chi connectivity index (χ3n) is 2.81. The van der Waals surface area contributed by atoms with Crippen LogP contribution >= 0.6 is 11.8 Å². The smallest absolute Gasteiger partial charge is 0.336 e. The Bertz CT molecular complexity index is 550. The van der Waals surface area contributed by atoms with Crippen molar-refractivity contribution in [1.82, 2.24) is 0 Å². The quantitative estimate of drug-likeness (QED) is 0.783. The van der Waals surface area contributed by atoms with Crippen molar-refractivity contribution in [3.8, 4) is 0 Å². The van der Waals surface area contributed by atoms with Crippen molar-refractivity contribution in [1.29, 1.82) is 0 Å². The van der Waals surface area contributed by atoms with Crippen LogP contribution in [-0.4, -0.2) is 37.3 Å². The fraction of sp³-hybridized carbons (Fsp3) is 0.462. The summed E-state index contributed by atoms with van der Waals surface area (Å²) in [7, 11) is -3.39. The number of carbonyl (C=O) groups is 1. The van der Waals surface area contributed by atoms with E-state index in [1.807, 2.05) is 13.2 Å². The highest BCUT2D eigenvalue weighted by Crippen LogP contribution is 2.19. The van der Waals surface area contributed by atoms with Crippen LogP contribution in [0.15, 0.2) is 23.1 Å². The monoisotopic (exact) mass is 302 g/mol. The van der Waals surface area contributed by atoms with E-state index in [4.69, 9.17) is 5.11 Å². The van der Waals surface area contributed by atoms with E-state index in [-0.39, 0.29) is 16.2 Å². The topological polar surface area (TPSA) is 71.4 Å². The Kier molecular flexibility index (Phi) is 5.87. The molecule has 0 unspecified atom stereocenters. The fourth-order valence-electron chi connectivity index (χ4n) is 1.77. The van der Waals surface area contributed by atoms with Crippen LogP contribution in [0.3, 0.4) is 0 Å². The Morgan fingerprint density at radius 3 is 2.58 bits per heavy atom. The standard InChI is InChI=1S/C13H18O4S2/c1-3-10-5-6-11(9-12(10)13(14)15)19(16,17)8-4-7-18-2/h5-6,9H,3-4,7-8H2,1-2H3,(H,14,15). The Balaban J connectivity index is 3.07. The second-order valence-electron chi connectivity index (χ2n) is 4.14. The molecule has 0 heterocycles. The molecular formula is C13H18O4S2. The maximum Gasteiger partial charge on any atom is 0.336 e. The summed E-state index contributed by atoms with van der Waals surface area (Å²) in [4.78, 5) is 11.2. The van der Waals surface area contributed by atoms with Crippen LogP contribution in [0.2, 0.25) is 0 Å². The SMILES string of the molecule is CCc1ccc(S(=O)(=O)CCCSC)cc1C(=O)O. The molecule has 0 spiro atoms. The number of thioether (sulfide) groups is 1. The third kappa shape index (κ3) is 4.24. The van der Waals surface area contributed by atoms with Gasteiger partial charge in [-0.25, -0.2) is 13.2 Å². The highest BCUT2D eigenvalue weighted by Gasteiger charge is 2.18. The largest absolute Gasteiger partial charge is 0.478 e. The molecule has 0 aliphatic heterocycles. The maximum absolute atomic E-state index is 12.1. The first kappa shape index (κ1) is 16.0. The normalized spacial score (nSPS) is 11.5. The Labute approximate surface area is 118 Å². The number of carboxylic acid groups (broad SMARTS) is 1. The molecule has 1 aromatic rings. The molecule has 0 saturated heterocycles. The lowest BCUT2D eigenvalue weighted by Gasteiger charge is -2.08. The highest BCUT2D eigenvalue weighted by molar-refractivity contribution is 7.98. The zero-order valence-corrected chi connectivity index (χ0v) is 12.7. The third-order valence-corrected chi connectivity index (χ3v) is 5.31. The van der Waals surface area contributed by atoms with Gasteiger partial charge in [-0.15, -0.1) is 0 Å². The first-order chi connectivity index (χ1) is 8.92. The number of aromatic carboxylic acids is 1. The van der Waals surface area contributed by atoms with E-state index in [0.29, 0.717) is 18.4 Å². The van der Waals surface area contributed by atoms with Crippen molar-refractivity contribution < 1.29 is 18.3 Å². The van der Waals surface area contributed by atoms with Crippen LogP contribution in [0.1, 0.15) is 29.3 Å². The van der Waals surface area contributed by atoms with Gasteiger partial charge in [-0.2, -0.15) is 11.8 Å². The van der Waals surface area contributed by atoms with Crippen LogP contribution in [0, 0.1) is 0 Å². The molecule has 19 heavy (non-hydrogen) atoms. The summed E-state index contributed by atoms with van der Waals surface area (Å²) >= 11 is 1.59. The summed E-state index contributed by atoms with van der Waals surface area (Å²) in [5.74, 6) is -0.255. The molecule has 1 aromatic carbocycles. The predicted octanol–water partition coefficient (Wildman–Crippen LogP) is 2.47. The molecule has 6 heteroatoms. The number of benzene rings is 1. The van der Waals surface area contributed by atoms with E-state index in [1.165, 1.54) is 12.1 Å². The van der Waals surface area contributed by atoms with Gasteiger partial charge in [0.1, 0.15) is 0 Å². The summed E-state index contributed by atoms with van der Waals surface area (Å²) < 4.78 is 24.2. The number of hydrogen-bond donors (Lipinski definition) is 1. The van der Waals surface area contributed by atoms with Crippen molar-refractivity contribution in [2.24, 2.45) is 0 Å². The van der Waals surface area contributed by atoms with Gasteiger partial charge in [0.05, 0.1) is 16.2 Å². The molecule has 0 saturated carbocycles. The Morgan fingerprint density at radius 2 is 2.05 bits per heavy atom. The number of rotatable bonds is 7.